The van der Waals surface area contributed by atoms with E-state index < -0.39 is 0 Å². The van der Waals surface area contributed by atoms with Gasteiger partial charge in [-0.2, -0.15) is 5.10 Å². The van der Waals surface area contributed by atoms with Crippen molar-refractivity contribution in [2.24, 2.45) is 0 Å². The van der Waals surface area contributed by atoms with Crippen LogP contribution in [0.5, 0.6) is 0 Å². The normalized spacial score (nSPS) is 18.6. The summed E-state index contributed by atoms with van der Waals surface area (Å²) in [7, 11) is 0. The third-order valence-electron chi connectivity index (χ3n) is 5.95. The molecule has 1 aliphatic heterocycles. The van der Waals surface area contributed by atoms with Crippen LogP contribution >= 0.6 is 11.3 Å². The van der Waals surface area contributed by atoms with Crippen molar-refractivity contribution >= 4 is 11.3 Å². The quantitative estimate of drug-likeness (QED) is 0.648. The lowest BCUT2D eigenvalue weighted by Crippen LogP contribution is -2.43. The van der Waals surface area contributed by atoms with Crippen molar-refractivity contribution in [1.29, 1.82) is 0 Å². The first kappa shape index (κ1) is 18.1. The van der Waals surface area contributed by atoms with Crippen LogP contribution in [0.25, 0.3) is 10.6 Å². The van der Waals surface area contributed by atoms with Crippen LogP contribution in [-0.2, 0) is 13.1 Å². The molecule has 0 unspecified atom stereocenters. The second-order valence-corrected chi connectivity index (χ2v) is 9.03. The molecule has 0 amide bonds. The van der Waals surface area contributed by atoms with Crippen LogP contribution in [0.2, 0.25) is 0 Å². The predicted molar refractivity (Wildman–Crippen MR) is 116 cm³/mol. The highest BCUT2D eigenvalue weighted by Gasteiger charge is 2.31. The van der Waals surface area contributed by atoms with Crippen molar-refractivity contribution in [3.63, 3.8) is 0 Å². The van der Waals surface area contributed by atoms with Gasteiger partial charge in [-0.25, -0.2) is 0 Å². The van der Waals surface area contributed by atoms with Crippen LogP contribution in [-0.4, -0.2) is 39.9 Å². The molecular formula is C23H28N4S. The van der Waals surface area contributed by atoms with Gasteiger partial charge in [0.15, 0.2) is 0 Å². The Hall–Kier alpha value is -1.95. The Bertz CT molecular complexity index is 875. The van der Waals surface area contributed by atoms with Gasteiger partial charge in [0, 0.05) is 30.4 Å². The van der Waals surface area contributed by atoms with Gasteiger partial charge in [-0.05, 0) is 55.8 Å². The minimum absolute atomic E-state index is 0.628. The third kappa shape index (κ3) is 4.22. The highest BCUT2D eigenvalue weighted by atomic mass is 32.1. The fraction of sp³-hybridized carbons (Fsp3) is 0.435. The maximum atomic E-state index is 4.93. The van der Waals surface area contributed by atoms with E-state index in [1.165, 1.54) is 54.8 Å². The average molecular weight is 393 g/mol. The van der Waals surface area contributed by atoms with Gasteiger partial charge in [-0.1, -0.05) is 36.4 Å². The van der Waals surface area contributed by atoms with Crippen molar-refractivity contribution in [1.82, 2.24) is 20.0 Å². The molecule has 1 saturated carbocycles. The highest BCUT2D eigenvalue weighted by molar-refractivity contribution is 7.13. The summed E-state index contributed by atoms with van der Waals surface area (Å²) in [5.41, 5.74) is 3.73. The van der Waals surface area contributed by atoms with Gasteiger partial charge >= 0.3 is 0 Å². The van der Waals surface area contributed by atoms with Crippen molar-refractivity contribution in [3.05, 3.63) is 65.2 Å². The number of nitrogens with zero attached hydrogens (tertiary/aromatic N) is 3. The summed E-state index contributed by atoms with van der Waals surface area (Å²) in [6, 6.07) is 16.4. The van der Waals surface area contributed by atoms with Crippen molar-refractivity contribution < 1.29 is 0 Å². The van der Waals surface area contributed by atoms with E-state index in [1.807, 2.05) is 0 Å². The van der Waals surface area contributed by atoms with E-state index in [4.69, 9.17) is 5.10 Å². The minimum Gasteiger partial charge on any atom is -0.310 e. The molecule has 2 fully saturated rings. The average Bonchev–Trinajstić information content (AvgIpc) is 3.29. The Morgan fingerprint density at radius 3 is 2.54 bits per heavy atom. The third-order valence-corrected chi connectivity index (χ3v) is 6.83. The first-order valence-electron chi connectivity index (χ1n) is 10.5. The van der Waals surface area contributed by atoms with Gasteiger partial charge in [0.2, 0.25) is 0 Å². The molecule has 5 heteroatoms. The summed E-state index contributed by atoms with van der Waals surface area (Å²) in [6.45, 7) is 4.23. The molecule has 0 atom stereocenters. The number of hydrogen-bond donors (Lipinski definition) is 1. The van der Waals surface area contributed by atoms with Gasteiger partial charge in [0.05, 0.1) is 11.4 Å². The van der Waals surface area contributed by atoms with Crippen LogP contribution in [0.3, 0.4) is 0 Å². The Morgan fingerprint density at radius 1 is 1.00 bits per heavy atom. The van der Waals surface area contributed by atoms with Crippen LogP contribution in [0.1, 0.15) is 36.8 Å². The maximum absolute atomic E-state index is 4.93. The van der Waals surface area contributed by atoms with E-state index in [0.29, 0.717) is 6.04 Å². The number of likely N-dealkylation sites (tertiary alicyclic amines) is 1. The van der Waals surface area contributed by atoms with Crippen LogP contribution < -0.4 is 5.32 Å². The van der Waals surface area contributed by atoms with Crippen molar-refractivity contribution in [3.8, 4) is 10.6 Å². The SMILES string of the molecule is c1ccc(Cn2cc(CNC3CCN(C4CC4)CC3)c(-c3cccs3)n2)cc1. The molecule has 28 heavy (non-hydrogen) atoms. The molecule has 0 spiro atoms. The monoisotopic (exact) mass is 392 g/mol. The minimum atomic E-state index is 0.628. The number of thiophene rings is 1. The van der Waals surface area contributed by atoms with Gasteiger partial charge in [-0.15, -0.1) is 11.3 Å². The molecule has 3 heterocycles. The molecule has 4 nitrogen and oxygen atoms in total. The lowest BCUT2D eigenvalue weighted by atomic mass is 10.0. The van der Waals surface area contributed by atoms with Crippen LogP contribution in [0, 0.1) is 0 Å². The van der Waals surface area contributed by atoms with Crippen LogP contribution in [0.4, 0.5) is 0 Å². The zero-order chi connectivity index (χ0) is 18.8. The van der Waals surface area contributed by atoms with Gasteiger partial charge in [0.1, 0.15) is 5.69 Å². The zero-order valence-electron chi connectivity index (χ0n) is 16.3. The molecule has 1 aromatic carbocycles. The number of rotatable bonds is 7. The smallest absolute Gasteiger partial charge is 0.107 e. The van der Waals surface area contributed by atoms with Gasteiger partial charge in [-0.3, -0.25) is 4.68 Å². The fourth-order valence-corrected chi connectivity index (χ4v) is 4.97. The van der Waals surface area contributed by atoms with Crippen LogP contribution in [0.15, 0.2) is 54.0 Å². The number of nitrogens with one attached hydrogen (secondary N) is 1. The molecule has 2 aromatic heterocycles. The summed E-state index contributed by atoms with van der Waals surface area (Å²) in [4.78, 5) is 3.94. The van der Waals surface area contributed by atoms with E-state index >= 15 is 0 Å². The van der Waals surface area contributed by atoms with Crippen molar-refractivity contribution in [2.45, 2.75) is 50.9 Å². The second kappa shape index (κ2) is 8.19. The molecule has 0 bridgehead atoms. The summed E-state index contributed by atoms with van der Waals surface area (Å²) in [5.74, 6) is 0. The molecule has 3 aromatic rings. The summed E-state index contributed by atoms with van der Waals surface area (Å²) < 4.78 is 2.09. The molecule has 1 saturated heterocycles. The molecule has 0 radical (unpaired) electrons. The largest absolute Gasteiger partial charge is 0.310 e. The van der Waals surface area contributed by atoms with E-state index in [1.54, 1.807) is 11.3 Å². The number of aromatic nitrogens is 2. The summed E-state index contributed by atoms with van der Waals surface area (Å²) in [6.07, 6.45) is 7.60. The maximum Gasteiger partial charge on any atom is 0.107 e. The Labute approximate surface area is 171 Å². The van der Waals surface area contributed by atoms with Gasteiger partial charge < -0.3 is 10.2 Å². The molecule has 146 valence electrons. The molecule has 2 aliphatic rings. The number of piperidine rings is 1. The predicted octanol–water partition coefficient (Wildman–Crippen LogP) is 4.38. The fourth-order valence-electron chi connectivity index (χ4n) is 4.23. The first-order chi connectivity index (χ1) is 13.8. The lowest BCUT2D eigenvalue weighted by molar-refractivity contribution is 0.189. The summed E-state index contributed by atoms with van der Waals surface area (Å²) >= 11 is 1.77. The van der Waals surface area contributed by atoms with Gasteiger partial charge in [0.25, 0.3) is 0 Å². The van der Waals surface area contributed by atoms with E-state index in [-0.39, 0.29) is 0 Å². The van der Waals surface area contributed by atoms with E-state index in [0.717, 1.165) is 24.8 Å². The first-order valence-corrected chi connectivity index (χ1v) is 11.3. The van der Waals surface area contributed by atoms with E-state index in [9.17, 15) is 0 Å². The van der Waals surface area contributed by atoms with E-state index in [2.05, 4.69) is 68.9 Å². The Balaban J connectivity index is 1.27. The lowest BCUT2D eigenvalue weighted by Gasteiger charge is -2.32. The highest BCUT2D eigenvalue weighted by Crippen LogP contribution is 2.30. The van der Waals surface area contributed by atoms with Crippen molar-refractivity contribution in [2.75, 3.05) is 13.1 Å². The number of benzene rings is 1. The standard InChI is InChI=1S/C23H28N4S/c1-2-5-18(6-3-1)16-27-17-19(23(25-27)22-7-4-14-28-22)15-24-20-10-12-26(13-11-20)21-8-9-21/h1-7,14,17,20-21,24H,8-13,15-16H2. The Morgan fingerprint density at radius 2 is 1.82 bits per heavy atom. The summed E-state index contributed by atoms with van der Waals surface area (Å²) in [5, 5.41) is 10.9. The second-order valence-electron chi connectivity index (χ2n) is 8.09. The molecule has 5 rings (SSSR count). The molecule has 1 N–H and O–H groups in total. The zero-order valence-corrected chi connectivity index (χ0v) is 17.1. The molecule has 1 aliphatic carbocycles. The molecular weight excluding hydrogens is 364 g/mol. The number of hydrogen-bond acceptors (Lipinski definition) is 4. The Kier molecular flexibility index (Phi) is 5.30. The topological polar surface area (TPSA) is 33.1 Å².